The van der Waals surface area contributed by atoms with E-state index in [0.29, 0.717) is 24.9 Å². The van der Waals surface area contributed by atoms with Crippen LogP contribution < -0.4 is 5.32 Å². The van der Waals surface area contributed by atoms with Gasteiger partial charge in [-0.25, -0.2) is 12.7 Å². The van der Waals surface area contributed by atoms with Gasteiger partial charge >= 0.3 is 0 Å². The van der Waals surface area contributed by atoms with Crippen LogP contribution in [0.15, 0.2) is 30.3 Å². The first-order valence-corrected chi connectivity index (χ1v) is 9.29. The summed E-state index contributed by atoms with van der Waals surface area (Å²) in [5.41, 5.74) is 0.495. The topological polar surface area (TPSA) is 110 Å². The van der Waals surface area contributed by atoms with E-state index < -0.39 is 14.9 Å². The lowest BCUT2D eigenvalue weighted by Crippen LogP contribution is -2.48. The molecule has 0 spiro atoms. The summed E-state index contributed by atoms with van der Waals surface area (Å²) in [6, 6.07) is 5.70. The van der Waals surface area contributed by atoms with Crippen molar-refractivity contribution >= 4 is 27.7 Å². The number of nitrogens with zero attached hydrogens (tertiary/aromatic N) is 2. The number of nitrogens with one attached hydrogen (secondary N) is 1. The van der Waals surface area contributed by atoms with E-state index >= 15 is 0 Å². The second-order valence-corrected chi connectivity index (χ2v) is 7.64. The maximum absolute atomic E-state index is 12.0. The molecular formula is C15H19N3O5S. The van der Waals surface area contributed by atoms with Crippen LogP contribution in [0.4, 0.5) is 5.69 Å². The number of non-ortho nitro benzene ring substituents is 1. The van der Waals surface area contributed by atoms with Crippen molar-refractivity contribution in [3.8, 4) is 0 Å². The van der Waals surface area contributed by atoms with Gasteiger partial charge < -0.3 is 5.32 Å². The van der Waals surface area contributed by atoms with Crippen LogP contribution in [0.1, 0.15) is 18.4 Å². The maximum Gasteiger partial charge on any atom is 0.270 e. The number of hydrogen-bond donors (Lipinski definition) is 1. The lowest BCUT2D eigenvalue weighted by molar-refractivity contribution is -0.384. The van der Waals surface area contributed by atoms with Gasteiger partial charge in [0.15, 0.2) is 0 Å². The van der Waals surface area contributed by atoms with Crippen LogP contribution in [0.2, 0.25) is 0 Å². The van der Waals surface area contributed by atoms with E-state index in [4.69, 9.17) is 0 Å². The fourth-order valence-electron chi connectivity index (χ4n) is 2.52. The van der Waals surface area contributed by atoms with E-state index in [-0.39, 0.29) is 24.2 Å². The number of nitro benzene ring substituents is 1. The Kier molecular flexibility index (Phi) is 5.68. The number of piperidine rings is 1. The second-order valence-electron chi connectivity index (χ2n) is 5.65. The first kappa shape index (κ1) is 18.1. The van der Waals surface area contributed by atoms with E-state index in [0.717, 1.165) is 6.26 Å². The molecule has 1 saturated heterocycles. The molecule has 9 heteroatoms. The smallest absolute Gasteiger partial charge is 0.270 e. The summed E-state index contributed by atoms with van der Waals surface area (Å²) in [6.07, 6.45) is 5.33. The van der Waals surface area contributed by atoms with Gasteiger partial charge in [0.1, 0.15) is 0 Å². The number of carbonyl (C=O) groups is 1. The molecule has 1 aliphatic heterocycles. The third-order valence-electron chi connectivity index (χ3n) is 3.71. The summed E-state index contributed by atoms with van der Waals surface area (Å²) in [6.45, 7) is 0.726. The van der Waals surface area contributed by atoms with Gasteiger partial charge in [0.25, 0.3) is 5.69 Å². The van der Waals surface area contributed by atoms with Crippen molar-refractivity contribution in [2.45, 2.75) is 18.9 Å². The first-order valence-electron chi connectivity index (χ1n) is 7.44. The van der Waals surface area contributed by atoms with Crippen LogP contribution >= 0.6 is 0 Å². The van der Waals surface area contributed by atoms with Crippen LogP contribution in [0.3, 0.4) is 0 Å². The molecule has 1 unspecified atom stereocenters. The average Bonchev–Trinajstić information content (AvgIpc) is 2.52. The van der Waals surface area contributed by atoms with E-state index in [1.54, 1.807) is 12.1 Å². The normalized spacial score (nSPS) is 19.3. The SMILES string of the molecule is CS(=O)(=O)N1CCCC(NC(=O)/C=C/c2cccc([N+](=O)[O-])c2)C1. The van der Waals surface area contributed by atoms with Gasteiger partial charge in [-0.3, -0.25) is 14.9 Å². The zero-order chi connectivity index (χ0) is 17.7. The van der Waals surface area contributed by atoms with Gasteiger partial charge in [-0.1, -0.05) is 12.1 Å². The fraction of sp³-hybridized carbons (Fsp3) is 0.400. The number of hydrogen-bond acceptors (Lipinski definition) is 5. The number of rotatable bonds is 5. The molecule has 0 aliphatic carbocycles. The number of nitro groups is 1. The summed E-state index contributed by atoms with van der Waals surface area (Å²) in [4.78, 5) is 22.2. The molecule has 1 aromatic rings. The standard InChI is InChI=1S/C15H19N3O5S/c1-24(22,23)17-9-3-5-13(11-17)16-15(19)8-7-12-4-2-6-14(10-12)18(20)21/h2,4,6-8,10,13H,3,5,9,11H2,1H3,(H,16,19)/b8-7+. The van der Waals surface area contributed by atoms with Crippen LogP contribution in [0.25, 0.3) is 6.08 Å². The van der Waals surface area contributed by atoms with E-state index in [1.807, 2.05) is 0 Å². The largest absolute Gasteiger partial charge is 0.348 e. The van der Waals surface area contributed by atoms with E-state index in [9.17, 15) is 23.3 Å². The molecule has 1 fully saturated rings. The number of benzene rings is 1. The summed E-state index contributed by atoms with van der Waals surface area (Å²) in [7, 11) is -3.26. The van der Waals surface area contributed by atoms with Crippen molar-refractivity contribution in [3.63, 3.8) is 0 Å². The Hall–Kier alpha value is -2.26. The Labute approximate surface area is 140 Å². The molecule has 0 saturated carbocycles. The van der Waals surface area contributed by atoms with Gasteiger partial charge in [0, 0.05) is 37.3 Å². The minimum atomic E-state index is -3.26. The van der Waals surface area contributed by atoms with Crippen molar-refractivity contribution in [2.75, 3.05) is 19.3 Å². The second kappa shape index (κ2) is 7.54. The molecule has 8 nitrogen and oxygen atoms in total. The molecule has 2 rings (SSSR count). The quantitative estimate of drug-likeness (QED) is 0.485. The third-order valence-corrected chi connectivity index (χ3v) is 4.98. The van der Waals surface area contributed by atoms with Gasteiger partial charge in [0.05, 0.1) is 11.2 Å². The van der Waals surface area contributed by atoms with Gasteiger partial charge in [-0.2, -0.15) is 0 Å². The Balaban J connectivity index is 1.95. The van der Waals surface area contributed by atoms with Crippen LogP contribution in [-0.2, 0) is 14.8 Å². The molecule has 1 aromatic carbocycles. The monoisotopic (exact) mass is 353 g/mol. The maximum atomic E-state index is 12.0. The predicted molar refractivity (Wildman–Crippen MR) is 89.7 cm³/mol. The van der Waals surface area contributed by atoms with Crippen LogP contribution in [0.5, 0.6) is 0 Å². The average molecular weight is 353 g/mol. The van der Waals surface area contributed by atoms with E-state index in [1.165, 1.54) is 28.6 Å². The molecule has 1 heterocycles. The molecular weight excluding hydrogens is 334 g/mol. The van der Waals surface area contributed by atoms with Crippen LogP contribution in [-0.4, -0.2) is 48.9 Å². The van der Waals surface area contributed by atoms with Gasteiger partial charge in [0.2, 0.25) is 15.9 Å². The molecule has 0 aromatic heterocycles. The molecule has 1 atom stereocenters. The van der Waals surface area contributed by atoms with Crippen molar-refractivity contribution in [1.29, 1.82) is 0 Å². The molecule has 130 valence electrons. The summed E-state index contributed by atoms with van der Waals surface area (Å²) in [5.74, 6) is -0.359. The molecule has 1 N–H and O–H groups in total. The first-order chi connectivity index (χ1) is 11.3. The highest BCUT2D eigenvalue weighted by Gasteiger charge is 2.26. The lowest BCUT2D eigenvalue weighted by Gasteiger charge is -2.31. The summed E-state index contributed by atoms with van der Waals surface area (Å²) < 4.78 is 24.5. The van der Waals surface area contributed by atoms with Crippen molar-refractivity contribution < 1.29 is 18.1 Å². The number of sulfonamides is 1. The summed E-state index contributed by atoms with van der Waals surface area (Å²) in [5, 5.41) is 13.5. The zero-order valence-electron chi connectivity index (χ0n) is 13.2. The number of carbonyl (C=O) groups excluding carboxylic acids is 1. The highest BCUT2D eigenvalue weighted by Crippen LogP contribution is 2.15. The molecule has 1 aliphatic rings. The summed E-state index contributed by atoms with van der Waals surface area (Å²) >= 11 is 0. The van der Waals surface area contributed by atoms with Crippen molar-refractivity contribution in [2.24, 2.45) is 0 Å². The number of amides is 1. The van der Waals surface area contributed by atoms with Crippen molar-refractivity contribution in [1.82, 2.24) is 9.62 Å². The Morgan fingerprint density at radius 3 is 2.88 bits per heavy atom. The predicted octanol–water partition coefficient (Wildman–Crippen LogP) is 1.15. The van der Waals surface area contributed by atoms with E-state index in [2.05, 4.69) is 5.32 Å². The highest BCUT2D eigenvalue weighted by atomic mass is 32.2. The van der Waals surface area contributed by atoms with Gasteiger partial charge in [-0.05, 0) is 24.5 Å². The minimum absolute atomic E-state index is 0.0476. The molecule has 24 heavy (non-hydrogen) atoms. The van der Waals surface area contributed by atoms with Crippen molar-refractivity contribution in [3.05, 3.63) is 46.0 Å². The highest BCUT2D eigenvalue weighted by molar-refractivity contribution is 7.88. The molecule has 0 bridgehead atoms. The molecule has 1 amide bonds. The minimum Gasteiger partial charge on any atom is -0.348 e. The Morgan fingerprint density at radius 2 is 2.21 bits per heavy atom. The lowest BCUT2D eigenvalue weighted by atomic mass is 10.1. The Morgan fingerprint density at radius 1 is 1.46 bits per heavy atom. The van der Waals surface area contributed by atoms with Gasteiger partial charge in [-0.15, -0.1) is 0 Å². The third kappa shape index (κ3) is 5.14. The molecule has 0 radical (unpaired) electrons. The van der Waals surface area contributed by atoms with Crippen LogP contribution in [0, 0.1) is 10.1 Å². The fourth-order valence-corrected chi connectivity index (χ4v) is 3.44. The zero-order valence-corrected chi connectivity index (χ0v) is 14.0. The Bertz CT molecular complexity index is 760.